The van der Waals surface area contributed by atoms with Crippen LogP contribution in [0.15, 0.2) is 22.7 Å². The maximum absolute atomic E-state index is 11.1. The summed E-state index contributed by atoms with van der Waals surface area (Å²) in [4.78, 5) is 13.0. The van der Waals surface area contributed by atoms with E-state index in [4.69, 9.17) is 16.7 Å². The summed E-state index contributed by atoms with van der Waals surface area (Å²) in [7, 11) is 0. The molecule has 0 saturated carbocycles. The molecule has 17 heavy (non-hydrogen) atoms. The monoisotopic (exact) mass is 317 g/mol. The maximum atomic E-state index is 11.1. The van der Waals surface area contributed by atoms with Crippen LogP contribution in [0, 0.1) is 0 Å². The summed E-state index contributed by atoms with van der Waals surface area (Å²) in [5.41, 5.74) is 1.08. The van der Waals surface area contributed by atoms with Crippen LogP contribution < -0.4 is 0 Å². The zero-order valence-corrected chi connectivity index (χ0v) is 11.5. The number of rotatable bonds is 3. The van der Waals surface area contributed by atoms with Gasteiger partial charge in [-0.3, -0.25) is 9.69 Å². The first-order valence-corrected chi connectivity index (χ1v) is 6.66. The maximum Gasteiger partial charge on any atom is 0.320 e. The van der Waals surface area contributed by atoms with E-state index >= 15 is 0 Å². The Labute approximate surface area is 114 Å². The van der Waals surface area contributed by atoms with Gasteiger partial charge in [0.05, 0.1) is 5.02 Å². The summed E-state index contributed by atoms with van der Waals surface area (Å²) in [5.74, 6) is -0.726. The van der Waals surface area contributed by atoms with Crippen molar-refractivity contribution in [1.29, 1.82) is 0 Å². The highest BCUT2D eigenvalue weighted by Crippen LogP contribution is 2.26. The molecule has 0 aliphatic carbocycles. The molecule has 1 heterocycles. The molecule has 1 fully saturated rings. The fourth-order valence-electron chi connectivity index (χ4n) is 2.17. The van der Waals surface area contributed by atoms with Gasteiger partial charge < -0.3 is 5.11 Å². The predicted molar refractivity (Wildman–Crippen MR) is 70.2 cm³/mol. The Bertz CT molecular complexity index is 439. The lowest BCUT2D eigenvalue weighted by molar-refractivity contribution is -0.142. The standard InChI is InChI=1S/C12H13BrClNO2/c13-9-6-8(3-4-10(9)14)7-15-5-1-2-11(15)12(16)17/h3-4,6,11H,1-2,5,7H2,(H,16,17)/t11-/m0/s1. The number of halogens is 2. The van der Waals surface area contributed by atoms with Gasteiger partial charge in [-0.15, -0.1) is 0 Å². The number of carboxylic acids is 1. The molecule has 1 aliphatic rings. The van der Waals surface area contributed by atoms with E-state index in [0.29, 0.717) is 11.6 Å². The Morgan fingerprint density at radius 3 is 3.00 bits per heavy atom. The van der Waals surface area contributed by atoms with Crippen molar-refractivity contribution in [1.82, 2.24) is 4.90 Å². The van der Waals surface area contributed by atoms with E-state index in [-0.39, 0.29) is 6.04 Å². The van der Waals surface area contributed by atoms with Crippen LogP contribution >= 0.6 is 27.5 Å². The molecular weight excluding hydrogens is 305 g/mol. The highest BCUT2D eigenvalue weighted by Gasteiger charge is 2.30. The van der Waals surface area contributed by atoms with Gasteiger partial charge in [-0.1, -0.05) is 17.7 Å². The minimum atomic E-state index is -0.726. The smallest absolute Gasteiger partial charge is 0.320 e. The average molecular weight is 319 g/mol. The number of carboxylic acid groups (broad SMARTS) is 1. The van der Waals surface area contributed by atoms with Crippen LogP contribution in [0.4, 0.5) is 0 Å². The zero-order chi connectivity index (χ0) is 12.4. The van der Waals surface area contributed by atoms with Crippen LogP contribution in [0.2, 0.25) is 5.02 Å². The summed E-state index contributed by atoms with van der Waals surface area (Å²) in [5, 5.41) is 9.76. The van der Waals surface area contributed by atoms with E-state index < -0.39 is 5.97 Å². The number of nitrogens with zero attached hydrogens (tertiary/aromatic N) is 1. The van der Waals surface area contributed by atoms with Gasteiger partial charge in [0.15, 0.2) is 0 Å². The molecule has 1 aromatic rings. The summed E-state index contributed by atoms with van der Waals surface area (Å²) in [6.45, 7) is 1.50. The first-order chi connectivity index (χ1) is 8.08. The minimum Gasteiger partial charge on any atom is -0.480 e. The van der Waals surface area contributed by atoms with Crippen LogP contribution in [0.5, 0.6) is 0 Å². The number of carbonyl (C=O) groups is 1. The van der Waals surface area contributed by atoms with Gasteiger partial charge in [0, 0.05) is 11.0 Å². The van der Waals surface area contributed by atoms with E-state index in [0.717, 1.165) is 29.4 Å². The Morgan fingerprint density at radius 1 is 1.59 bits per heavy atom. The molecule has 5 heteroatoms. The second-order valence-electron chi connectivity index (χ2n) is 4.22. The van der Waals surface area contributed by atoms with Gasteiger partial charge in [-0.05, 0) is 53.0 Å². The van der Waals surface area contributed by atoms with E-state index in [1.54, 1.807) is 0 Å². The van der Waals surface area contributed by atoms with Crippen molar-refractivity contribution < 1.29 is 9.90 Å². The van der Waals surface area contributed by atoms with Crippen LogP contribution in [-0.2, 0) is 11.3 Å². The molecule has 0 unspecified atom stereocenters. The molecule has 0 amide bonds. The number of hydrogen-bond donors (Lipinski definition) is 1. The van der Waals surface area contributed by atoms with Crippen molar-refractivity contribution in [3.05, 3.63) is 33.3 Å². The SMILES string of the molecule is O=C(O)[C@@H]1CCCN1Cc1ccc(Cl)c(Br)c1. The molecule has 0 spiro atoms. The normalized spacial score (nSPS) is 20.7. The second kappa shape index (κ2) is 5.38. The van der Waals surface area contributed by atoms with Gasteiger partial charge in [-0.25, -0.2) is 0 Å². The number of hydrogen-bond acceptors (Lipinski definition) is 2. The highest BCUT2D eigenvalue weighted by atomic mass is 79.9. The number of benzene rings is 1. The van der Waals surface area contributed by atoms with Crippen molar-refractivity contribution in [3.63, 3.8) is 0 Å². The summed E-state index contributed by atoms with van der Waals surface area (Å²) in [6, 6.07) is 5.36. The quantitative estimate of drug-likeness (QED) is 0.930. The molecule has 1 saturated heterocycles. The molecule has 2 rings (SSSR count). The Morgan fingerprint density at radius 2 is 2.35 bits per heavy atom. The number of aliphatic carboxylic acids is 1. The van der Waals surface area contributed by atoms with Crippen LogP contribution in [0.25, 0.3) is 0 Å². The van der Waals surface area contributed by atoms with Crippen molar-refractivity contribution in [3.8, 4) is 0 Å². The Kier molecular flexibility index (Phi) is 4.07. The van der Waals surface area contributed by atoms with Crippen molar-refractivity contribution >= 4 is 33.5 Å². The Hall–Kier alpha value is -0.580. The first kappa shape index (κ1) is 12.9. The molecule has 1 aromatic carbocycles. The van der Waals surface area contributed by atoms with Crippen LogP contribution in [0.3, 0.4) is 0 Å². The van der Waals surface area contributed by atoms with Gasteiger partial charge >= 0.3 is 5.97 Å². The average Bonchev–Trinajstić information content (AvgIpc) is 2.72. The molecule has 0 radical (unpaired) electrons. The molecule has 1 atom stereocenters. The predicted octanol–water partition coefficient (Wildman–Crippen LogP) is 3.15. The molecule has 0 bridgehead atoms. The molecule has 3 nitrogen and oxygen atoms in total. The van der Waals surface area contributed by atoms with Crippen LogP contribution in [-0.4, -0.2) is 28.6 Å². The van der Waals surface area contributed by atoms with E-state index in [9.17, 15) is 4.79 Å². The van der Waals surface area contributed by atoms with E-state index in [1.807, 2.05) is 23.1 Å². The largest absolute Gasteiger partial charge is 0.480 e. The Balaban J connectivity index is 2.09. The van der Waals surface area contributed by atoms with E-state index in [1.165, 1.54) is 0 Å². The topological polar surface area (TPSA) is 40.5 Å². The van der Waals surface area contributed by atoms with Gasteiger partial charge in [0.25, 0.3) is 0 Å². The molecular formula is C12H13BrClNO2. The third kappa shape index (κ3) is 3.00. The van der Waals surface area contributed by atoms with Crippen molar-refractivity contribution in [2.45, 2.75) is 25.4 Å². The lowest BCUT2D eigenvalue weighted by atomic mass is 10.2. The lowest BCUT2D eigenvalue weighted by Crippen LogP contribution is -2.35. The van der Waals surface area contributed by atoms with Crippen molar-refractivity contribution in [2.75, 3.05) is 6.54 Å². The minimum absolute atomic E-state index is 0.343. The molecule has 1 aliphatic heterocycles. The third-order valence-corrected chi connectivity index (χ3v) is 4.23. The number of likely N-dealkylation sites (tertiary alicyclic amines) is 1. The summed E-state index contributed by atoms with van der Waals surface area (Å²) >= 11 is 9.29. The first-order valence-electron chi connectivity index (χ1n) is 5.48. The zero-order valence-electron chi connectivity index (χ0n) is 9.20. The van der Waals surface area contributed by atoms with E-state index in [2.05, 4.69) is 15.9 Å². The van der Waals surface area contributed by atoms with Gasteiger partial charge in [0.2, 0.25) is 0 Å². The van der Waals surface area contributed by atoms with Crippen molar-refractivity contribution in [2.24, 2.45) is 0 Å². The van der Waals surface area contributed by atoms with Crippen LogP contribution in [0.1, 0.15) is 18.4 Å². The van der Waals surface area contributed by atoms with Gasteiger partial charge in [-0.2, -0.15) is 0 Å². The lowest BCUT2D eigenvalue weighted by Gasteiger charge is -2.21. The molecule has 0 aromatic heterocycles. The molecule has 92 valence electrons. The fourth-order valence-corrected chi connectivity index (χ4v) is 2.71. The third-order valence-electron chi connectivity index (χ3n) is 3.02. The van der Waals surface area contributed by atoms with Gasteiger partial charge in [0.1, 0.15) is 6.04 Å². The summed E-state index contributed by atoms with van der Waals surface area (Å²) in [6.07, 6.45) is 1.69. The second-order valence-corrected chi connectivity index (χ2v) is 5.48. The fraction of sp³-hybridized carbons (Fsp3) is 0.417. The highest BCUT2D eigenvalue weighted by molar-refractivity contribution is 9.10. The molecule has 1 N–H and O–H groups in total. The summed E-state index contributed by atoms with van der Waals surface area (Å²) < 4.78 is 0.850.